The van der Waals surface area contributed by atoms with E-state index >= 15 is 0 Å². The van der Waals surface area contributed by atoms with Crippen molar-refractivity contribution in [3.8, 4) is 17.2 Å². The molecule has 0 bridgehead atoms. The highest BCUT2D eigenvalue weighted by Gasteiger charge is 2.16. The number of benzene rings is 1. The van der Waals surface area contributed by atoms with Gasteiger partial charge in [0.1, 0.15) is 17.2 Å². The highest BCUT2D eigenvalue weighted by atomic mass is 16.5. The fraction of sp³-hybridized carbons (Fsp3) is 0.231. The molecule has 0 aromatic heterocycles. The van der Waals surface area contributed by atoms with Crippen LogP contribution in [0.2, 0.25) is 0 Å². The molecule has 0 aliphatic rings. The fourth-order valence-electron chi connectivity index (χ4n) is 1.44. The van der Waals surface area contributed by atoms with Crippen molar-refractivity contribution in [2.45, 2.75) is 0 Å². The van der Waals surface area contributed by atoms with Crippen LogP contribution in [0.25, 0.3) is 0 Å². The molecule has 0 unspecified atom stereocenters. The van der Waals surface area contributed by atoms with Crippen molar-refractivity contribution in [2.75, 3.05) is 19.8 Å². The molecule has 0 saturated heterocycles. The molecule has 0 fully saturated rings. The van der Waals surface area contributed by atoms with Gasteiger partial charge < -0.3 is 29.5 Å². The Balaban J connectivity index is 3.16. The van der Waals surface area contributed by atoms with Gasteiger partial charge in [-0.2, -0.15) is 0 Å². The molecule has 23 heavy (non-hydrogen) atoms. The van der Waals surface area contributed by atoms with E-state index in [0.717, 1.165) is 12.1 Å². The first-order valence-corrected chi connectivity index (χ1v) is 6.00. The number of ether oxygens (including phenoxy) is 3. The summed E-state index contributed by atoms with van der Waals surface area (Å²) in [6, 6.07) is 2.20. The summed E-state index contributed by atoms with van der Waals surface area (Å²) in [6.45, 7) is -2.26. The van der Waals surface area contributed by atoms with Crippen molar-refractivity contribution in [1.29, 1.82) is 0 Å². The third-order valence-electron chi connectivity index (χ3n) is 2.26. The Kier molecular flexibility index (Phi) is 6.34. The Hall–Kier alpha value is -3.30. The van der Waals surface area contributed by atoms with Crippen LogP contribution >= 0.6 is 0 Å². The number of hydrogen-bond acceptors (Lipinski definition) is 7. The van der Waals surface area contributed by atoms with Crippen LogP contribution in [0.4, 0.5) is 0 Å². The summed E-state index contributed by atoms with van der Waals surface area (Å²) in [5.74, 6) is -4.49. The number of carboxylic acid groups (broad SMARTS) is 3. The van der Waals surface area contributed by atoms with Crippen LogP contribution in [0.15, 0.2) is 12.1 Å². The van der Waals surface area contributed by atoms with Crippen molar-refractivity contribution in [3.05, 3.63) is 17.7 Å². The topological polar surface area (TPSA) is 157 Å². The van der Waals surface area contributed by atoms with E-state index in [-0.39, 0.29) is 29.1 Å². The SMILES string of the molecule is O=Cc1c(OCC(=O)O)cc(OCC(=O)O)cc1OCC(=O)O. The Morgan fingerprint density at radius 1 is 0.826 bits per heavy atom. The van der Waals surface area contributed by atoms with Gasteiger partial charge in [-0.25, -0.2) is 14.4 Å². The van der Waals surface area contributed by atoms with E-state index in [0.29, 0.717) is 0 Å². The molecule has 0 radical (unpaired) electrons. The summed E-state index contributed by atoms with van der Waals surface area (Å²) in [4.78, 5) is 42.7. The zero-order chi connectivity index (χ0) is 17.4. The van der Waals surface area contributed by atoms with Gasteiger partial charge in [0.05, 0.1) is 5.56 Å². The largest absolute Gasteiger partial charge is 0.482 e. The minimum absolute atomic E-state index is 0.0984. The van der Waals surface area contributed by atoms with E-state index in [1.807, 2.05) is 0 Å². The fourth-order valence-corrected chi connectivity index (χ4v) is 1.44. The molecule has 0 amide bonds. The average molecular weight is 328 g/mol. The van der Waals surface area contributed by atoms with E-state index in [1.54, 1.807) is 0 Å². The average Bonchev–Trinajstić information content (AvgIpc) is 2.48. The number of hydrogen-bond donors (Lipinski definition) is 3. The molecule has 124 valence electrons. The molecule has 0 aliphatic carbocycles. The van der Waals surface area contributed by atoms with Crippen LogP contribution in [0.3, 0.4) is 0 Å². The second-order valence-electron chi connectivity index (χ2n) is 4.00. The summed E-state index contributed by atoms with van der Waals surface area (Å²) >= 11 is 0. The van der Waals surface area contributed by atoms with Crippen molar-refractivity contribution in [2.24, 2.45) is 0 Å². The second kappa shape index (κ2) is 8.22. The molecular formula is C13H12O10. The summed E-state index contributed by atoms with van der Waals surface area (Å²) in [7, 11) is 0. The van der Waals surface area contributed by atoms with Gasteiger partial charge in [0.15, 0.2) is 26.1 Å². The van der Waals surface area contributed by atoms with E-state index < -0.39 is 37.7 Å². The second-order valence-corrected chi connectivity index (χ2v) is 4.00. The standard InChI is InChI=1S/C13H12O10/c14-3-8-9(22-5-12(17)18)1-7(21-4-11(15)16)2-10(8)23-6-13(19)20/h1-3H,4-6H2,(H,15,16)(H,17,18)(H,19,20). The van der Waals surface area contributed by atoms with Crippen LogP contribution in [0.1, 0.15) is 10.4 Å². The maximum atomic E-state index is 11.1. The summed E-state index contributed by atoms with van der Waals surface area (Å²) in [5.41, 5.74) is -0.227. The van der Waals surface area contributed by atoms with Gasteiger partial charge in [-0.15, -0.1) is 0 Å². The first-order valence-electron chi connectivity index (χ1n) is 6.00. The predicted octanol–water partition coefficient (Wildman–Crippen LogP) is -0.111. The molecule has 1 rings (SSSR count). The molecule has 0 spiro atoms. The maximum Gasteiger partial charge on any atom is 0.341 e. The molecule has 1 aromatic rings. The molecule has 3 N–H and O–H groups in total. The highest BCUT2D eigenvalue weighted by molar-refractivity contribution is 5.85. The zero-order valence-electron chi connectivity index (χ0n) is 11.6. The first-order chi connectivity index (χ1) is 10.8. The first kappa shape index (κ1) is 17.8. The predicted molar refractivity (Wildman–Crippen MR) is 71.2 cm³/mol. The molecule has 0 heterocycles. The number of carboxylic acids is 3. The lowest BCUT2D eigenvalue weighted by Gasteiger charge is -2.14. The Labute approximate surface area is 128 Å². The lowest BCUT2D eigenvalue weighted by molar-refractivity contribution is -0.140. The molecule has 0 atom stereocenters. The number of aliphatic carboxylic acids is 3. The van der Waals surface area contributed by atoms with Gasteiger partial charge in [-0.1, -0.05) is 0 Å². The third kappa shape index (κ3) is 5.91. The Morgan fingerprint density at radius 2 is 1.22 bits per heavy atom. The molecule has 10 heteroatoms. The molecule has 0 saturated carbocycles. The summed E-state index contributed by atoms with van der Waals surface area (Å²) in [6.07, 6.45) is 0.287. The lowest BCUT2D eigenvalue weighted by atomic mass is 10.2. The van der Waals surface area contributed by atoms with Crippen molar-refractivity contribution in [1.82, 2.24) is 0 Å². The van der Waals surface area contributed by atoms with Crippen LogP contribution < -0.4 is 14.2 Å². The lowest BCUT2D eigenvalue weighted by Crippen LogP contribution is -2.14. The van der Waals surface area contributed by atoms with E-state index in [4.69, 9.17) is 29.5 Å². The van der Waals surface area contributed by atoms with Crippen molar-refractivity contribution < 1.29 is 48.7 Å². The molecule has 10 nitrogen and oxygen atoms in total. The normalized spacial score (nSPS) is 9.74. The zero-order valence-corrected chi connectivity index (χ0v) is 11.6. The summed E-state index contributed by atoms with van der Waals surface area (Å²) in [5, 5.41) is 25.8. The molecule has 0 aliphatic heterocycles. The monoisotopic (exact) mass is 328 g/mol. The van der Waals surface area contributed by atoms with Gasteiger partial charge in [0.25, 0.3) is 0 Å². The maximum absolute atomic E-state index is 11.1. The van der Waals surface area contributed by atoms with Gasteiger partial charge in [-0.3, -0.25) is 4.79 Å². The Morgan fingerprint density at radius 3 is 1.57 bits per heavy atom. The number of aldehydes is 1. The Bertz CT molecular complexity index is 582. The van der Waals surface area contributed by atoms with Crippen LogP contribution in [0.5, 0.6) is 17.2 Å². The third-order valence-corrected chi connectivity index (χ3v) is 2.26. The van der Waals surface area contributed by atoms with E-state index in [1.165, 1.54) is 0 Å². The van der Waals surface area contributed by atoms with E-state index in [2.05, 4.69) is 0 Å². The van der Waals surface area contributed by atoms with Crippen LogP contribution in [0, 0.1) is 0 Å². The molecular weight excluding hydrogens is 316 g/mol. The van der Waals surface area contributed by atoms with Gasteiger partial charge in [-0.05, 0) is 0 Å². The van der Waals surface area contributed by atoms with E-state index in [9.17, 15) is 19.2 Å². The molecule has 1 aromatic carbocycles. The summed E-state index contributed by atoms with van der Waals surface area (Å²) < 4.78 is 14.7. The van der Waals surface area contributed by atoms with Crippen LogP contribution in [-0.2, 0) is 14.4 Å². The number of carbonyl (C=O) groups excluding carboxylic acids is 1. The number of carbonyl (C=O) groups is 4. The highest BCUT2D eigenvalue weighted by Crippen LogP contribution is 2.33. The van der Waals surface area contributed by atoms with Crippen LogP contribution in [-0.4, -0.2) is 59.3 Å². The van der Waals surface area contributed by atoms with Gasteiger partial charge in [0, 0.05) is 12.1 Å². The minimum atomic E-state index is -1.31. The van der Waals surface area contributed by atoms with Crippen molar-refractivity contribution >= 4 is 24.2 Å². The number of rotatable bonds is 10. The van der Waals surface area contributed by atoms with Gasteiger partial charge in [0.2, 0.25) is 0 Å². The quantitative estimate of drug-likeness (QED) is 0.495. The smallest absolute Gasteiger partial charge is 0.341 e. The van der Waals surface area contributed by atoms with Crippen molar-refractivity contribution in [3.63, 3.8) is 0 Å². The minimum Gasteiger partial charge on any atom is -0.482 e. The van der Waals surface area contributed by atoms with Gasteiger partial charge >= 0.3 is 17.9 Å².